The first-order chi connectivity index (χ1) is 22.2. The largest absolute Gasteiger partial charge is 0.426 e. The van der Waals surface area contributed by atoms with Crippen LogP contribution in [0.15, 0.2) is 0 Å². The second-order valence-electron chi connectivity index (χ2n) is 15.7. The summed E-state index contributed by atoms with van der Waals surface area (Å²) in [6.07, 6.45) is -21.6. The van der Waals surface area contributed by atoms with Crippen molar-refractivity contribution < 1.29 is 67.3 Å². The SMILES string of the molecule is CC(C)C1CC2CC(CCC(O)(C(F)(F)F)C(F)(F)F)C1C2.CCOC(C)OC(CCC1CC2CC(C(C)C)C1C2)(C(F)(F)F)C(F)(F)F. The first-order valence-electron chi connectivity index (χ1n) is 17.5. The fourth-order valence-corrected chi connectivity index (χ4v) is 9.72. The Labute approximate surface area is 281 Å². The van der Waals surface area contributed by atoms with Crippen molar-refractivity contribution in [1.29, 1.82) is 0 Å². The molecule has 4 aliphatic rings. The van der Waals surface area contributed by atoms with Gasteiger partial charge in [-0.05, 0) is 137 Å². The number of hydrogen-bond acceptors (Lipinski definition) is 3. The van der Waals surface area contributed by atoms with E-state index in [9.17, 15) is 57.8 Å². The molecule has 0 aromatic heterocycles. The highest BCUT2D eigenvalue weighted by molar-refractivity contribution is 5.02. The fraction of sp³-hybridized carbons (Fsp3) is 1.00. The van der Waals surface area contributed by atoms with Gasteiger partial charge in [0.1, 0.15) is 0 Å². The summed E-state index contributed by atoms with van der Waals surface area (Å²) in [5, 5.41) is 9.24. The van der Waals surface area contributed by atoms with Crippen LogP contribution in [0.3, 0.4) is 0 Å². The third-order valence-electron chi connectivity index (χ3n) is 12.1. The van der Waals surface area contributed by atoms with E-state index >= 15 is 0 Å². The van der Waals surface area contributed by atoms with Crippen LogP contribution >= 0.6 is 0 Å². The normalized spacial score (nSPS) is 31.5. The number of aliphatic hydroxyl groups is 1. The quantitative estimate of drug-likeness (QED) is 0.160. The van der Waals surface area contributed by atoms with E-state index in [4.69, 9.17) is 4.74 Å². The predicted molar refractivity (Wildman–Crippen MR) is 158 cm³/mol. The number of rotatable bonds is 12. The standard InChI is InChI=1S/C19H30F6O2.C15H22F6O/c1-5-26-12(4)27-17(18(20,21)22,19(23,24)25)7-6-14-8-13-9-15(11(2)3)16(14)10-13;1-8(2)11-6-9-5-10(12(11)7-9)3-4-13(22,14(16,17)18)15(19,20)21/h11-16H,5-10H2,1-4H3;8-12,22H,3-7H2,1-2H3. The number of ether oxygens (including phenoxy) is 2. The Morgan fingerprint density at radius 1 is 0.571 bits per heavy atom. The number of halogens is 12. The van der Waals surface area contributed by atoms with Crippen LogP contribution in [-0.4, -0.2) is 53.9 Å². The van der Waals surface area contributed by atoms with E-state index < -0.39 is 55.0 Å². The van der Waals surface area contributed by atoms with Crippen LogP contribution in [0.4, 0.5) is 52.7 Å². The highest BCUT2D eigenvalue weighted by atomic mass is 19.4. The molecule has 3 nitrogen and oxygen atoms in total. The van der Waals surface area contributed by atoms with Crippen molar-refractivity contribution in [3.63, 3.8) is 0 Å². The van der Waals surface area contributed by atoms with Crippen molar-refractivity contribution in [2.75, 3.05) is 6.61 Å². The van der Waals surface area contributed by atoms with Gasteiger partial charge in [-0.25, -0.2) is 0 Å². The van der Waals surface area contributed by atoms with E-state index in [-0.39, 0.29) is 43.1 Å². The van der Waals surface area contributed by atoms with Gasteiger partial charge in [0.2, 0.25) is 0 Å². The Bertz CT molecular complexity index is 1020. The Hall–Kier alpha value is -0.960. The third kappa shape index (κ3) is 8.99. The minimum absolute atomic E-state index is 0.0323. The van der Waals surface area contributed by atoms with E-state index in [0.29, 0.717) is 41.9 Å². The monoisotopic (exact) mass is 736 g/mol. The molecule has 0 aromatic rings. The molecule has 4 fully saturated rings. The molecule has 290 valence electrons. The van der Waals surface area contributed by atoms with Gasteiger partial charge in [-0.3, -0.25) is 0 Å². The smallest absolute Gasteiger partial charge is 0.374 e. The zero-order chi connectivity index (χ0) is 37.5. The van der Waals surface area contributed by atoms with E-state index in [1.54, 1.807) is 0 Å². The minimum atomic E-state index is -5.69. The van der Waals surface area contributed by atoms with Crippen LogP contribution < -0.4 is 0 Å². The Morgan fingerprint density at radius 3 is 1.27 bits per heavy atom. The minimum Gasteiger partial charge on any atom is -0.374 e. The van der Waals surface area contributed by atoms with E-state index in [1.165, 1.54) is 6.92 Å². The molecule has 0 aromatic carbocycles. The van der Waals surface area contributed by atoms with Gasteiger partial charge < -0.3 is 14.6 Å². The highest BCUT2D eigenvalue weighted by Gasteiger charge is 2.73. The third-order valence-corrected chi connectivity index (χ3v) is 12.1. The summed E-state index contributed by atoms with van der Waals surface area (Å²) >= 11 is 0. The molecule has 49 heavy (non-hydrogen) atoms. The van der Waals surface area contributed by atoms with Gasteiger partial charge in [0.15, 0.2) is 6.29 Å². The average Bonchev–Trinajstić information content (AvgIpc) is 3.72. The molecule has 0 spiro atoms. The Morgan fingerprint density at radius 2 is 0.959 bits per heavy atom. The second-order valence-corrected chi connectivity index (χ2v) is 15.7. The van der Waals surface area contributed by atoms with Crippen LogP contribution in [-0.2, 0) is 9.47 Å². The highest BCUT2D eigenvalue weighted by Crippen LogP contribution is 2.59. The maximum atomic E-state index is 13.6. The van der Waals surface area contributed by atoms with Crippen LogP contribution in [0.1, 0.15) is 106 Å². The Balaban J connectivity index is 0.000000271. The zero-order valence-corrected chi connectivity index (χ0v) is 28.9. The summed E-state index contributed by atoms with van der Waals surface area (Å²) in [7, 11) is 0. The zero-order valence-electron chi connectivity index (χ0n) is 28.9. The van der Waals surface area contributed by atoms with Crippen LogP contribution in [0, 0.1) is 59.2 Å². The van der Waals surface area contributed by atoms with Gasteiger partial charge in [0.25, 0.3) is 11.2 Å². The molecule has 1 N–H and O–H groups in total. The molecule has 4 bridgehead atoms. The van der Waals surface area contributed by atoms with Crippen LogP contribution in [0.5, 0.6) is 0 Å². The van der Waals surface area contributed by atoms with Crippen molar-refractivity contribution in [1.82, 2.24) is 0 Å². The molecule has 9 unspecified atom stereocenters. The first-order valence-corrected chi connectivity index (χ1v) is 17.5. The summed E-state index contributed by atoms with van der Waals surface area (Å²) in [5.41, 5.74) is -8.78. The molecular weight excluding hydrogens is 684 g/mol. The summed E-state index contributed by atoms with van der Waals surface area (Å²) in [4.78, 5) is 0. The number of hydrogen-bond donors (Lipinski definition) is 1. The van der Waals surface area contributed by atoms with Crippen LogP contribution in [0.25, 0.3) is 0 Å². The van der Waals surface area contributed by atoms with Gasteiger partial charge in [0.05, 0.1) is 0 Å². The molecule has 9 atom stereocenters. The lowest BCUT2D eigenvalue weighted by molar-refractivity contribution is -0.409. The number of fused-ring (bicyclic) bond motifs is 4. The lowest BCUT2D eigenvalue weighted by Crippen LogP contribution is -2.60. The lowest BCUT2D eigenvalue weighted by atomic mass is 9.73. The van der Waals surface area contributed by atoms with Gasteiger partial charge in [0, 0.05) is 6.61 Å². The van der Waals surface area contributed by atoms with Crippen molar-refractivity contribution in [2.45, 2.75) is 148 Å². The summed E-state index contributed by atoms with van der Waals surface area (Å²) in [5.74, 6) is 2.60. The van der Waals surface area contributed by atoms with Crippen molar-refractivity contribution in [3.05, 3.63) is 0 Å². The molecule has 0 radical (unpaired) electrons. The summed E-state index contributed by atoms with van der Waals surface area (Å²) in [6.45, 7) is 10.8. The van der Waals surface area contributed by atoms with Crippen LogP contribution in [0.2, 0.25) is 0 Å². The topological polar surface area (TPSA) is 38.7 Å². The van der Waals surface area contributed by atoms with Crippen molar-refractivity contribution in [2.24, 2.45) is 59.2 Å². The maximum Gasteiger partial charge on any atom is 0.426 e. The first kappa shape index (κ1) is 42.5. The van der Waals surface area contributed by atoms with Crippen molar-refractivity contribution in [3.8, 4) is 0 Å². The van der Waals surface area contributed by atoms with Gasteiger partial charge in [-0.1, -0.05) is 27.7 Å². The van der Waals surface area contributed by atoms with E-state index in [2.05, 4.69) is 18.6 Å². The number of alkyl halides is 12. The van der Waals surface area contributed by atoms with Gasteiger partial charge in [-0.2, -0.15) is 52.7 Å². The molecule has 4 rings (SSSR count). The average molecular weight is 737 g/mol. The maximum absolute atomic E-state index is 13.6. The van der Waals surface area contributed by atoms with E-state index in [1.807, 2.05) is 13.8 Å². The molecule has 0 amide bonds. The van der Waals surface area contributed by atoms with E-state index in [0.717, 1.165) is 39.0 Å². The molecule has 0 saturated heterocycles. The summed E-state index contributed by atoms with van der Waals surface area (Å²) < 4.78 is 167. The molecule has 4 aliphatic carbocycles. The predicted octanol–water partition coefficient (Wildman–Crippen LogP) is 11.3. The molecule has 0 heterocycles. The second kappa shape index (κ2) is 15.2. The van der Waals surface area contributed by atoms with Crippen molar-refractivity contribution >= 4 is 0 Å². The Kier molecular flexibility index (Phi) is 13.2. The van der Waals surface area contributed by atoms with Gasteiger partial charge >= 0.3 is 24.7 Å². The molecular formula is C34H52F12O3. The lowest BCUT2D eigenvalue weighted by Gasteiger charge is -2.40. The molecule has 0 aliphatic heterocycles. The molecule has 15 heteroatoms. The summed E-state index contributed by atoms with van der Waals surface area (Å²) in [6, 6.07) is 0. The van der Waals surface area contributed by atoms with Gasteiger partial charge in [-0.15, -0.1) is 0 Å². The molecule has 4 saturated carbocycles. The fourth-order valence-electron chi connectivity index (χ4n) is 9.72.